The molecule has 2 nitrogen and oxygen atoms in total. The summed E-state index contributed by atoms with van der Waals surface area (Å²) in [5, 5.41) is 0.626. The summed E-state index contributed by atoms with van der Waals surface area (Å²) in [6.07, 6.45) is 0. The molecule has 76 valence electrons. The lowest BCUT2D eigenvalue weighted by atomic mass is 9.97. The Hall–Kier alpha value is -1.02. The molecule has 1 rings (SSSR count). The van der Waals surface area contributed by atoms with Crippen molar-refractivity contribution >= 4 is 17.6 Å². The van der Waals surface area contributed by atoms with Gasteiger partial charge in [-0.15, -0.1) is 0 Å². The SMILES string of the molecule is CC(C)(C)C(=O)Oc1ccc(Cl)cc1. The molecule has 0 fully saturated rings. The lowest BCUT2D eigenvalue weighted by molar-refractivity contribution is -0.142. The number of ether oxygens (including phenoxy) is 1. The van der Waals surface area contributed by atoms with Crippen molar-refractivity contribution in [2.75, 3.05) is 0 Å². The van der Waals surface area contributed by atoms with E-state index in [9.17, 15) is 4.79 Å². The van der Waals surface area contributed by atoms with E-state index in [1.54, 1.807) is 24.3 Å². The first-order valence-corrected chi connectivity index (χ1v) is 4.75. The predicted octanol–water partition coefficient (Wildman–Crippen LogP) is 3.29. The fourth-order valence-electron chi connectivity index (χ4n) is 0.763. The van der Waals surface area contributed by atoms with Crippen LogP contribution in [0.25, 0.3) is 0 Å². The Kier molecular flexibility index (Phi) is 3.17. The minimum atomic E-state index is -0.486. The molecule has 1 aromatic rings. The van der Waals surface area contributed by atoms with Crippen LogP contribution in [-0.2, 0) is 4.79 Å². The molecule has 0 saturated heterocycles. The average Bonchev–Trinajstić information content (AvgIpc) is 2.07. The fourth-order valence-corrected chi connectivity index (χ4v) is 0.889. The van der Waals surface area contributed by atoms with Crippen molar-refractivity contribution in [1.82, 2.24) is 0 Å². The Labute approximate surface area is 88.8 Å². The van der Waals surface area contributed by atoms with Crippen LogP contribution in [0.15, 0.2) is 24.3 Å². The lowest BCUT2D eigenvalue weighted by Crippen LogP contribution is -2.25. The van der Waals surface area contributed by atoms with Gasteiger partial charge in [0, 0.05) is 5.02 Å². The highest BCUT2D eigenvalue weighted by atomic mass is 35.5. The molecule has 0 aliphatic carbocycles. The van der Waals surface area contributed by atoms with Gasteiger partial charge in [0.05, 0.1) is 5.41 Å². The Bertz CT molecular complexity index is 322. The molecule has 0 bridgehead atoms. The van der Waals surface area contributed by atoms with E-state index in [4.69, 9.17) is 16.3 Å². The number of hydrogen-bond donors (Lipinski definition) is 0. The largest absolute Gasteiger partial charge is 0.426 e. The van der Waals surface area contributed by atoms with Crippen LogP contribution in [0, 0.1) is 5.41 Å². The molecule has 1 aromatic carbocycles. The van der Waals surface area contributed by atoms with E-state index in [0.717, 1.165) is 0 Å². The normalized spacial score (nSPS) is 11.1. The topological polar surface area (TPSA) is 26.3 Å². The third-order valence-corrected chi connectivity index (χ3v) is 1.89. The van der Waals surface area contributed by atoms with Gasteiger partial charge in [0.1, 0.15) is 5.75 Å². The van der Waals surface area contributed by atoms with Crippen molar-refractivity contribution in [2.24, 2.45) is 5.41 Å². The molecular weight excluding hydrogens is 200 g/mol. The maximum atomic E-state index is 11.5. The van der Waals surface area contributed by atoms with Gasteiger partial charge in [-0.25, -0.2) is 0 Å². The van der Waals surface area contributed by atoms with E-state index in [0.29, 0.717) is 10.8 Å². The summed E-state index contributed by atoms with van der Waals surface area (Å²) in [6.45, 7) is 5.43. The molecule has 0 spiro atoms. The van der Waals surface area contributed by atoms with Crippen molar-refractivity contribution in [3.05, 3.63) is 29.3 Å². The Morgan fingerprint density at radius 2 is 1.71 bits per heavy atom. The van der Waals surface area contributed by atoms with Crippen LogP contribution in [0.1, 0.15) is 20.8 Å². The molecule has 0 amide bonds. The van der Waals surface area contributed by atoms with Gasteiger partial charge in [0.2, 0.25) is 0 Å². The molecule has 0 heterocycles. The second-order valence-corrected chi connectivity index (χ2v) is 4.53. The molecular formula is C11H13ClO2. The Balaban J connectivity index is 2.71. The van der Waals surface area contributed by atoms with Gasteiger partial charge in [0.15, 0.2) is 0 Å². The van der Waals surface area contributed by atoms with Crippen molar-refractivity contribution in [2.45, 2.75) is 20.8 Å². The van der Waals surface area contributed by atoms with E-state index >= 15 is 0 Å². The summed E-state index contributed by atoms with van der Waals surface area (Å²) in [4.78, 5) is 11.5. The molecule has 0 atom stereocenters. The minimum Gasteiger partial charge on any atom is -0.426 e. The zero-order chi connectivity index (χ0) is 10.8. The fraction of sp³-hybridized carbons (Fsp3) is 0.364. The van der Waals surface area contributed by atoms with Crippen molar-refractivity contribution < 1.29 is 9.53 Å². The van der Waals surface area contributed by atoms with E-state index in [1.165, 1.54) is 0 Å². The number of benzene rings is 1. The maximum Gasteiger partial charge on any atom is 0.316 e. The summed E-state index contributed by atoms with van der Waals surface area (Å²) >= 11 is 5.70. The monoisotopic (exact) mass is 212 g/mol. The summed E-state index contributed by atoms with van der Waals surface area (Å²) in [5.74, 6) is 0.272. The molecule has 14 heavy (non-hydrogen) atoms. The second-order valence-electron chi connectivity index (χ2n) is 4.09. The van der Waals surface area contributed by atoms with Crippen LogP contribution in [-0.4, -0.2) is 5.97 Å². The van der Waals surface area contributed by atoms with Gasteiger partial charge < -0.3 is 4.74 Å². The van der Waals surface area contributed by atoms with Gasteiger partial charge in [0.25, 0.3) is 0 Å². The molecule has 0 N–H and O–H groups in total. The first kappa shape index (κ1) is 11.1. The van der Waals surface area contributed by atoms with E-state index in [1.807, 2.05) is 20.8 Å². The summed E-state index contributed by atoms with van der Waals surface area (Å²) in [6, 6.07) is 6.72. The summed E-state index contributed by atoms with van der Waals surface area (Å²) in [5.41, 5.74) is -0.486. The van der Waals surface area contributed by atoms with E-state index in [-0.39, 0.29) is 5.97 Å². The van der Waals surface area contributed by atoms with Gasteiger partial charge in [-0.05, 0) is 45.0 Å². The second kappa shape index (κ2) is 4.01. The zero-order valence-electron chi connectivity index (χ0n) is 8.50. The summed E-state index contributed by atoms with van der Waals surface area (Å²) < 4.78 is 5.14. The molecule has 0 saturated carbocycles. The predicted molar refractivity (Wildman–Crippen MR) is 56.5 cm³/mol. The van der Waals surface area contributed by atoms with Gasteiger partial charge in [-0.3, -0.25) is 4.79 Å². The highest BCUT2D eigenvalue weighted by molar-refractivity contribution is 6.30. The van der Waals surface area contributed by atoms with Crippen LogP contribution < -0.4 is 4.74 Å². The Morgan fingerprint density at radius 1 is 1.21 bits per heavy atom. The standard InChI is InChI=1S/C11H13ClO2/c1-11(2,3)10(13)14-9-6-4-8(12)5-7-9/h4-7H,1-3H3. The zero-order valence-corrected chi connectivity index (χ0v) is 9.26. The van der Waals surface area contributed by atoms with Crippen molar-refractivity contribution in [3.63, 3.8) is 0 Å². The number of carbonyl (C=O) groups is 1. The maximum absolute atomic E-state index is 11.5. The van der Waals surface area contributed by atoms with E-state index < -0.39 is 5.41 Å². The first-order valence-electron chi connectivity index (χ1n) is 4.37. The molecule has 3 heteroatoms. The van der Waals surface area contributed by atoms with Gasteiger partial charge in [-0.1, -0.05) is 11.6 Å². The number of halogens is 1. The van der Waals surface area contributed by atoms with Crippen LogP contribution in [0.5, 0.6) is 5.75 Å². The number of esters is 1. The Morgan fingerprint density at radius 3 is 2.14 bits per heavy atom. The third-order valence-electron chi connectivity index (χ3n) is 1.64. The van der Waals surface area contributed by atoms with Crippen LogP contribution in [0.2, 0.25) is 5.02 Å². The molecule has 0 aromatic heterocycles. The molecule has 0 aliphatic rings. The van der Waals surface area contributed by atoms with Crippen molar-refractivity contribution in [3.8, 4) is 5.75 Å². The molecule has 0 radical (unpaired) electrons. The highest BCUT2D eigenvalue weighted by Crippen LogP contribution is 2.20. The molecule has 0 aliphatic heterocycles. The quantitative estimate of drug-likeness (QED) is 0.528. The van der Waals surface area contributed by atoms with Crippen LogP contribution in [0.4, 0.5) is 0 Å². The number of carbonyl (C=O) groups excluding carboxylic acids is 1. The average molecular weight is 213 g/mol. The van der Waals surface area contributed by atoms with Gasteiger partial charge in [-0.2, -0.15) is 0 Å². The third kappa shape index (κ3) is 3.04. The van der Waals surface area contributed by atoms with E-state index in [2.05, 4.69) is 0 Å². The first-order chi connectivity index (χ1) is 6.39. The lowest BCUT2D eigenvalue weighted by Gasteiger charge is -2.16. The van der Waals surface area contributed by atoms with Crippen molar-refractivity contribution in [1.29, 1.82) is 0 Å². The van der Waals surface area contributed by atoms with Crippen LogP contribution in [0.3, 0.4) is 0 Å². The smallest absolute Gasteiger partial charge is 0.316 e. The highest BCUT2D eigenvalue weighted by Gasteiger charge is 2.23. The van der Waals surface area contributed by atoms with Gasteiger partial charge >= 0.3 is 5.97 Å². The number of hydrogen-bond acceptors (Lipinski definition) is 2. The van der Waals surface area contributed by atoms with Crippen LogP contribution >= 0.6 is 11.6 Å². The molecule has 0 unspecified atom stereocenters. The number of rotatable bonds is 1. The summed E-state index contributed by atoms with van der Waals surface area (Å²) in [7, 11) is 0. The minimum absolute atomic E-state index is 0.250.